The van der Waals surface area contributed by atoms with E-state index < -0.39 is 0 Å². The average Bonchev–Trinajstić information content (AvgIpc) is 2.53. The molecule has 1 unspecified atom stereocenters. The van der Waals surface area contributed by atoms with Crippen molar-refractivity contribution >= 4 is 29.0 Å². The van der Waals surface area contributed by atoms with Crippen LogP contribution in [0.1, 0.15) is 39.0 Å². The largest absolute Gasteiger partial charge is 0.396 e. The maximum absolute atomic E-state index is 11.9. The summed E-state index contributed by atoms with van der Waals surface area (Å²) in [5.74, 6) is 0. The van der Waals surface area contributed by atoms with Crippen LogP contribution in [-0.2, 0) is 0 Å². The van der Waals surface area contributed by atoms with E-state index >= 15 is 0 Å². The Morgan fingerprint density at radius 1 is 1.35 bits per heavy atom. The Hall–Kier alpha value is -1.46. The van der Waals surface area contributed by atoms with Crippen molar-refractivity contribution in [2.24, 2.45) is 0 Å². The second kappa shape index (κ2) is 8.99. The third-order valence-electron chi connectivity index (χ3n) is 4.08. The summed E-state index contributed by atoms with van der Waals surface area (Å²) < 4.78 is 0. The molecular weight excluding hydrogens is 314 g/mol. The van der Waals surface area contributed by atoms with Gasteiger partial charge in [-0.1, -0.05) is 11.6 Å². The molecule has 1 heterocycles. The molecule has 2 rings (SSSR count). The van der Waals surface area contributed by atoms with Gasteiger partial charge in [-0.3, -0.25) is 0 Å². The fraction of sp³-hybridized carbons (Fsp3) is 0.588. The van der Waals surface area contributed by atoms with Gasteiger partial charge in [0, 0.05) is 31.4 Å². The minimum absolute atomic E-state index is 0.0187. The minimum atomic E-state index is -0.253. The summed E-state index contributed by atoms with van der Waals surface area (Å²) in [4.78, 5) is 14.2. The zero-order chi connectivity index (χ0) is 16.7. The first-order valence-corrected chi connectivity index (χ1v) is 8.71. The molecule has 0 saturated carbocycles. The van der Waals surface area contributed by atoms with Crippen molar-refractivity contribution in [1.29, 1.82) is 0 Å². The van der Waals surface area contributed by atoms with E-state index in [-0.39, 0.29) is 18.7 Å². The topological polar surface area (TPSA) is 64.6 Å². The summed E-state index contributed by atoms with van der Waals surface area (Å²) >= 11 is 6.38. The third-order valence-corrected chi connectivity index (χ3v) is 4.38. The van der Waals surface area contributed by atoms with E-state index in [9.17, 15) is 4.79 Å². The van der Waals surface area contributed by atoms with Crippen LogP contribution in [0.5, 0.6) is 0 Å². The second-order valence-corrected chi connectivity index (χ2v) is 6.49. The van der Waals surface area contributed by atoms with Gasteiger partial charge in [0.05, 0.1) is 10.7 Å². The van der Waals surface area contributed by atoms with E-state index in [1.165, 1.54) is 19.3 Å². The van der Waals surface area contributed by atoms with Crippen LogP contribution in [0.3, 0.4) is 0 Å². The Bertz CT molecular complexity index is 519. The number of carbonyl (C=O) groups is 1. The van der Waals surface area contributed by atoms with Crippen LogP contribution in [0.25, 0.3) is 0 Å². The first-order chi connectivity index (χ1) is 11.1. The van der Waals surface area contributed by atoms with Crippen LogP contribution in [0.15, 0.2) is 18.2 Å². The predicted molar refractivity (Wildman–Crippen MR) is 95.5 cm³/mol. The van der Waals surface area contributed by atoms with Crippen molar-refractivity contribution in [3.05, 3.63) is 23.2 Å². The maximum atomic E-state index is 11.9. The minimum Gasteiger partial charge on any atom is -0.396 e. The zero-order valence-corrected chi connectivity index (χ0v) is 14.4. The van der Waals surface area contributed by atoms with Crippen LogP contribution in [0, 0.1) is 0 Å². The SMILES string of the molecule is CC(CCCO)NC(=O)Nc1ccc(N2CCCCC2)c(Cl)c1. The van der Waals surface area contributed by atoms with Crippen molar-refractivity contribution in [2.45, 2.75) is 45.1 Å². The standard InChI is InChI=1S/C17H26ClN3O2/c1-13(6-5-11-22)19-17(23)20-14-7-8-16(15(18)12-14)21-9-3-2-4-10-21/h7-8,12-13,22H,2-6,9-11H2,1H3,(H2,19,20,23). The number of piperidine rings is 1. The highest BCUT2D eigenvalue weighted by Gasteiger charge is 2.14. The molecule has 23 heavy (non-hydrogen) atoms. The smallest absolute Gasteiger partial charge is 0.319 e. The molecule has 1 aromatic carbocycles. The molecule has 3 N–H and O–H groups in total. The van der Waals surface area contributed by atoms with Gasteiger partial charge in [0.15, 0.2) is 0 Å². The Balaban J connectivity index is 1.90. The normalized spacial score (nSPS) is 16.0. The van der Waals surface area contributed by atoms with Crippen molar-refractivity contribution in [3.8, 4) is 0 Å². The lowest BCUT2D eigenvalue weighted by molar-refractivity contribution is 0.245. The molecule has 1 aliphatic rings. The monoisotopic (exact) mass is 339 g/mol. The van der Waals surface area contributed by atoms with Crippen LogP contribution >= 0.6 is 11.6 Å². The number of nitrogens with one attached hydrogen (secondary N) is 2. The van der Waals surface area contributed by atoms with Gasteiger partial charge < -0.3 is 20.6 Å². The molecular formula is C17H26ClN3O2. The molecule has 1 aliphatic heterocycles. The van der Waals surface area contributed by atoms with Crippen LogP contribution in [-0.4, -0.2) is 36.9 Å². The van der Waals surface area contributed by atoms with Crippen molar-refractivity contribution < 1.29 is 9.90 Å². The molecule has 6 heteroatoms. The van der Waals surface area contributed by atoms with E-state index in [4.69, 9.17) is 16.7 Å². The predicted octanol–water partition coefficient (Wildman–Crippen LogP) is 3.61. The average molecular weight is 340 g/mol. The van der Waals surface area contributed by atoms with Gasteiger partial charge in [0.25, 0.3) is 0 Å². The molecule has 1 saturated heterocycles. The number of nitrogens with zero attached hydrogens (tertiary/aromatic N) is 1. The van der Waals surface area contributed by atoms with Crippen molar-refractivity contribution in [3.63, 3.8) is 0 Å². The number of hydrogen-bond acceptors (Lipinski definition) is 3. The maximum Gasteiger partial charge on any atom is 0.319 e. The van der Waals surface area contributed by atoms with Crippen LogP contribution < -0.4 is 15.5 Å². The van der Waals surface area contributed by atoms with E-state index in [0.717, 1.165) is 25.2 Å². The molecule has 0 spiro atoms. The van der Waals surface area contributed by atoms with Gasteiger partial charge in [0.2, 0.25) is 0 Å². The number of aliphatic hydroxyl groups excluding tert-OH is 1. The number of aliphatic hydroxyl groups is 1. The summed E-state index contributed by atoms with van der Waals surface area (Å²) in [5.41, 5.74) is 1.72. The zero-order valence-electron chi connectivity index (χ0n) is 13.6. The molecule has 1 aromatic rings. The van der Waals surface area contributed by atoms with E-state index in [0.29, 0.717) is 17.1 Å². The molecule has 2 amide bonds. The molecule has 1 atom stereocenters. The molecule has 0 radical (unpaired) electrons. The number of anilines is 2. The Morgan fingerprint density at radius 2 is 2.09 bits per heavy atom. The second-order valence-electron chi connectivity index (χ2n) is 6.08. The third kappa shape index (κ3) is 5.59. The quantitative estimate of drug-likeness (QED) is 0.741. The number of halogens is 1. The molecule has 0 aliphatic carbocycles. The summed E-state index contributed by atoms with van der Waals surface area (Å²) in [7, 11) is 0. The highest BCUT2D eigenvalue weighted by Crippen LogP contribution is 2.30. The summed E-state index contributed by atoms with van der Waals surface area (Å²) in [6.45, 7) is 4.13. The molecule has 1 fully saturated rings. The van der Waals surface area contributed by atoms with E-state index in [2.05, 4.69) is 15.5 Å². The van der Waals surface area contributed by atoms with Gasteiger partial charge >= 0.3 is 6.03 Å². The van der Waals surface area contributed by atoms with E-state index in [1.807, 2.05) is 19.1 Å². The van der Waals surface area contributed by atoms with Gasteiger partial charge in [0.1, 0.15) is 0 Å². The Labute approximate surface area is 143 Å². The number of carbonyl (C=O) groups excluding carboxylic acids is 1. The lowest BCUT2D eigenvalue weighted by atomic mass is 10.1. The van der Waals surface area contributed by atoms with E-state index in [1.54, 1.807) is 6.07 Å². The first-order valence-electron chi connectivity index (χ1n) is 8.33. The summed E-state index contributed by atoms with van der Waals surface area (Å²) in [5, 5.41) is 15.1. The summed E-state index contributed by atoms with van der Waals surface area (Å²) in [6, 6.07) is 5.41. The number of urea groups is 1. The molecule has 0 aromatic heterocycles. The summed E-state index contributed by atoms with van der Waals surface area (Å²) in [6.07, 6.45) is 5.10. The number of hydrogen-bond donors (Lipinski definition) is 3. The van der Waals surface area contributed by atoms with Crippen molar-refractivity contribution in [1.82, 2.24) is 5.32 Å². The van der Waals surface area contributed by atoms with Crippen LogP contribution in [0.4, 0.5) is 16.2 Å². The number of rotatable bonds is 6. The lowest BCUT2D eigenvalue weighted by Crippen LogP contribution is -2.36. The molecule has 128 valence electrons. The van der Waals surface area contributed by atoms with Crippen molar-refractivity contribution in [2.75, 3.05) is 29.9 Å². The molecule has 0 bridgehead atoms. The lowest BCUT2D eigenvalue weighted by Gasteiger charge is -2.29. The Morgan fingerprint density at radius 3 is 2.74 bits per heavy atom. The Kier molecular flexibility index (Phi) is 6.99. The fourth-order valence-electron chi connectivity index (χ4n) is 2.84. The molecule has 5 nitrogen and oxygen atoms in total. The number of amides is 2. The van der Waals surface area contributed by atoms with Gasteiger partial charge in [-0.2, -0.15) is 0 Å². The van der Waals surface area contributed by atoms with Gasteiger partial charge in [-0.05, 0) is 57.2 Å². The van der Waals surface area contributed by atoms with Gasteiger partial charge in [-0.15, -0.1) is 0 Å². The first kappa shape index (κ1) is 17.9. The number of benzene rings is 1. The fourth-order valence-corrected chi connectivity index (χ4v) is 3.14. The van der Waals surface area contributed by atoms with Crippen LogP contribution in [0.2, 0.25) is 5.02 Å². The highest BCUT2D eigenvalue weighted by atomic mass is 35.5. The van der Waals surface area contributed by atoms with Gasteiger partial charge in [-0.25, -0.2) is 4.79 Å². The highest BCUT2D eigenvalue weighted by molar-refractivity contribution is 6.33.